The molecule has 1 aliphatic heterocycles. The fourth-order valence-electron chi connectivity index (χ4n) is 1.61. The van der Waals surface area contributed by atoms with E-state index in [0.717, 1.165) is 31.0 Å². The molecule has 1 aromatic carbocycles. The van der Waals surface area contributed by atoms with Gasteiger partial charge in [0.25, 0.3) is 0 Å². The molecule has 0 saturated heterocycles. The molecule has 0 fully saturated rings. The van der Waals surface area contributed by atoms with Crippen molar-refractivity contribution in [2.45, 2.75) is 19.8 Å². The maximum absolute atomic E-state index is 5.39. The van der Waals surface area contributed by atoms with Crippen molar-refractivity contribution >= 4 is 5.90 Å². The average molecular weight is 189 g/mol. The summed E-state index contributed by atoms with van der Waals surface area (Å²) in [6, 6.07) is 8.50. The van der Waals surface area contributed by atoms with Crippen molar-refractivity contribution in [2.75, 3.05) is 13.2 Å². The highest BCUT2D eigenvalue weighted by Crippen LogP contribution is 2.10. The van der Waals surface area contributed by atoms with Crippen molar-refractivity contribution < 1.29 is 4.74 Å². The molecule has 1 aliphatic rings. The van der Waals surface area contributed by atoms with E-state index in [0.29, 0.717) is 0 Å². The summed E-state index contributed by atoms with van der Waals surface area (Å²) >= 11 is 0. The Balaban J connectivity index is 2.13. The lowest BCUT2D eigenvalue weighted by atomic mass is 10.1. The molecule has 0 atom stereocenters. The Morgan fingerprint density at radius 2 is 2.07 bits per heavy atom. The van der Waals surface area contributed by atoms with Gasteiger partial charge in [0.1, 0.15) is 6.61 Å². The number of ether oxygens (including phenoxy) is 1. The number of benzene rings is 1. The van der Waals surface area contributed by atoms with Crippen LogP contribution < -0.4 is 0 Å². The minimum atomic E-state index is 0.728. The molecular formula is C12H15NO. The molecule has 0 radical (unpaired) electrons. The Kier molecular flexibility index (Phi) is 2.82. The first-order valence-electron chi connectivity index (χ1n) is 5.16. The standard InChI is InChI=1S/C12H15NO/c1-2-3-10-4-6-11(7-5-10)12-13-8-9-14-12/h4-7H,2-3,8-9H2,1H3. The van der Waals surface area contributed by atoms with Crippen molar-refractivity contribution in [3.63, 3.8) is 0 Å². The highest BCUT2D eigenvalue weighted by molar-refractivity contribution is 5.94. The van der Waals surface area contributed by atoms with Crippen LogP contribution in [0.25, 0.3) is 0 Å². The predicted molar refractivity (Wildman–Crippen MR) is 57.8 cm³/mol. The number of rotatable bonds is 3. The molecule has 0 spiro atoms. The number of hydrogen-bond acceptors (Lipinski definition) is 2. The van der Waals surface area contributed by atoms with Gasteiger partial charge in [0.15, 0.2) is 0 Å². The molecule has 0 saturated carbocycles. The molecule has 74 valence electrons. The minimum absolute atomic E-state index is 0.728. The zero-order chi connectivity index (χ0) is 9.80. The largest absolute Gasteiger partial charge is 0.476 e. The molecule has 0 amide bonds. The van der Waals surface area contributed by atoms with Crippen LogP contribution in [0, 0.1) is 0 Å². The Labute approximate surface area is 84.6 Å². The zero-order valence-electron chi connectivity index (χ0n) is 8.49. The van der Waals surface area contributed by atoms with Crippen LogP contribution in [0.5, 0.6) is 0 Å². The molecule has 2 nitrogen and oxygen atoms in total. The van der Waals surface area contributed by atoms with Crippen LogP contribution in [0.4, 0.5) is 0 Å². The second-order valence-corrected chi connectivity index (χ2v) is 3.48. The molecular weight excluding hydrogens is 174 g/mol. The Morgan fingerprint density at radius 1 is 1.29 bits per heavy atom. The van der Waals surface area contributed by atoms with E-state index >= 15 is 0 Å². The van der Waals surface area contributed by atoms with Gasteiger partial charge in [-0.25, -0.2) is 4.99 Å². The van der Waals surface area contributed by atoms with Crippen LogP contribution in [0.15, 0.2) is 29.3 Å². The summed E-state index contributed by atoms with van der Waals surface area (Å²) in [6.07, 6.45) is 2.34. The van der Waals surface area contributed by atoms with Crippen LogP contribution in [0.3, 0.4) is 0 Å². The van der Waals surface area contributed by atoms with Gasteiger partial charge in [-0.3, -0.25) is 0 Å². The van der Waals surface area contributed by atoms with Gasteiger partial charge in [0.05, 0.1) is 6.54 Å². The Bertz CT molecular complexity index is 327. The van der Waals surface area contributed by atoms with Crippen molar-refractivity contribution in [1.82, 2.24) is 0 Å². The van der Waals surface area contributed by atoms with Crippen LogP contribution in [-0.2, 0) is 11.2 Å². The third-order valence-electron chi connectivity index (χ3n) is 2.33. The van der Waals surface area contributed by atoms with Crippen LogP contribution in [-0.4, -0.2) is 19.0 Å². The highest BCUT2D eigenvalue weighted by Gasteiger charge is 2.09. The van der Waals surface area contributed by atoms with E-state index in [-0.39, 0.29) is 0 Å². The summed E-state index contributed by atoms with van der Waals surface area (Å²) < 4.78 is 5.39. The normalized spacial score (nSPS) is 15.1. The minimum Gasteiger partial charge on any atom is -0.476 e. The SMILES string of the molecule is CCCc1ccc(C2=NCCO2)cc1. The Hall–Kier alpha value is -1.31. The first-order chi connectivity index (χ1) is 6.90. The number of aryl methyl sites for hydroxylation is 1. The lowest BCUT2D eigenvalue weighted by Gasteiger charge is -2.03. The third kappa shape index (κ3) is 1.95. The molecule has 0 aliphatic carbocycles. The monoisotopic (exact) mass is 189 g/mol. The summed E-state index contributed by atoms with van der Waals surface area (Å²) in [7, 11) is 0. The van der Waals surface area contributed by atoms with Gasteiger partial charge in [-0.2, -0.15) is 0 Å². The van der Waals surface area contributed by atoms with Crippen molar-refractivity contribution in [3.8, 4) is 0 Å². The summed E-state index contributed by atoms with van der Waals surface area (Å²) in [6.45, 7) is 3.72. The van der Waals surface area contributed by atoms with Crippen molar-refractivity contribution in [1.29, 1.82) is 0 Å². The van der Waals surface area contributed by atoms with Gasteiger partial charge < -0.3 is 4.74 Å². The van der Waals surface area contributed by atoms with E-state index < -0.39 is 0 Å². The van der Waals surface area contributed by atoms with E-state index in [4.69, 9.17) is 4.74 Å². The summed E-state index contributed by atoms with van der Waals surface area (Å²) in [4.78, 5) is 4.28. The second-order valence-electron chi connectivity index (χ2n) is 3.48. The van der Waals surface area contributed by atoms with Crippen molar-refractivity contribution in [2.24, 2.45) is 4.99 Å². The smallest absolute Gasteiger partial charge is 0.216 e. The van der Waals surface area contributed by atoms with E-state index in [1.54, 1.807) is 0 Å². The molecule has 2 rings (SSSR count). The average Bonchev–Trinajstić information content (AvgIpc) is 2.72. The molecule has 0 aromatic heterocycles. The van der Waals surface area contributed by atoms with Gasteiger partial charge in [-0.15, -0.1) is 0 Å². The predicted octanol–water partition coefficient (Wildman–Crippen LogP) is 2.42. The van der Waals surface area contributed by atoms with Gasteiger partial charge in [-0.1, -0.05) is 25.5 Å². The Morgan fingerprint density at radius 3 is 2.64 bits per heavy atom. The molecule has 0 unspecified atom stereocenters. The maximum Gasteiger partial charge on any atom is 0.216 e. The summed E-state index contributed by atoms with van der Waals surface area (Å²) in [5.74, 6) is 0.799. The first kappa shape index (κ1) is 9.25. The first-order valence-corrected chi connectivity index (χ1v) is 5.16. The van der Waals surface area contributed by atoms with Crippen LogP contribution in [0.1, 0.15) is 24.5 Å². The highest BCUT2D eigenvalue weighted by atomic mass is 16.5. The molecule has 0 bridgehead atoms. The second kappa shape index (κ2) is 4.27. The zero-order valence-corrected chi connectivity index (χ0v) is 8.49. The molecule has 2 heteroatoms. The number of nitrogens with zero attached hydrogens (tertiary/aromatic N) is 1. The third-order valence-corrected chi connectivity index (χ3v) is 2.33. The summed E-state index contributed by atoms with van der Waals surface area (Å²) in [5, 5.41) is 0. The van der Waals surface area contributed by atoms with Gasteiger partial charge in [0.2, 0.25) is 5.90 Å². The topological polar surface area (TPSA) is 21.6 Å². The fourth-order valence-corrected chi connectivity index (χ4v) is 1.61. The van der Waals surface area contributed by atoms with Gasteiger partial charge in [-0.05, 0) is 24.1 Å². The number of hydrogen-bond donors (Lipinski definition) is 0. The fraction of sp³-hybridized carbons (Fsp3) is 0.417. The lowest BCUT2D eigenvalue weighted by Crippen LogP contribution is -2.00. The quantitative estimate of drug-likeness (QED) is 0.715. The molecule has 1 heterocycles. The van der Waals surface area contributed by atoms with Gasteiger partial charge in [0, 0.05) is 5.56 Å². The van der Waals surface area contributed by atoms with Gasteiger partial charge >= 0.3 is 0 Å². The lowest BCUT2D eigenvalue weighted by molar-refractivity contribution is 0.348. The maximum atomic E-state index is 5.39. The van der Waals surface area contributed by atoms with E-state index in [1.165, 1.54) is 12.0 Å². The van der Waals surface area contributed by atoms with E-state index in [2.05, 4.69) is 36.2 Å². The molecule has 1 aromatic rings. The molecule has 0 N–H and O–H groups in total. The van der Waals surface area contributed by atoms with Crippen LogP contribution >= 0.6 is 0 Å². The molecule has 14 heavy (non-hydrogen) atoms. The number of aliphatic imine (C=N–C) groups is 1. The summed E-state index contributed by atoms with van der Waals surface area (Å²) in [5.41, 5.74) is 2.48. The van der Waals surface area contributed by atoms with E-state index in [9.17, 15) is 0 Å². The van der Waals surface area contributed by atoms with Crippen LogP contribution in [0.2, 0.25) is 0 Å². The van der Waals surface area contributed by atoms with E-state index in [1.807, 2.05) is 0 Å². The van der Waals surface area contributed by atoms with Crippen molar-refractivity contribution in [3.05, 3.63) is 35.4 Å².